The first-order valence-corrected chi connectivity index (χ1v) is 7.55. The lowest BCUT2D eigenvalue weighted by atomic mass is 10.0. The highest BCUT2D eigenvalue weighted by molar-refractivity contribution is 5.84. The topological polar surface area (TPSA) is 90.1 Å². The first-order chi connectivity index (χ1) is 11.3. The minimum absolute atomic E-state index is 0.0206. The van der Waals surface area contributed by atoms with Crippen molar-refractivity contribution in [1.82, 2.24) is 15.1 Å². The van der Waals surface area contributed by atoms with Gasteiger partial charge >= 0.3 is 5.69 Å². The normalized spacial score (nSPS) is 19.8. The maximum atomic E-state index is 13.0. The SMILES string of the molecule is CC(C)(C(=O)NC1CC1c1ccc(F)cc1)n1cc([N+](=O)[O-])cn1. The zero-order chi connectivity index (χ0) is 17.5. The Balaban J connectivity index is 1.66. The van der Waals surface area contributed by atoms with E-state index in [9.17, 15) is 19.3 Å². The third-order valence-corrected chi connectivity index (χ3v) is 4.31. The Morgan fingerprint density at radius 2 is 2.08 bits per heavy atom. The average Bonchev–Trinajstić information content (AvgIpc) is 3.10. The fourth-order valence-electron chi connectivity index (χ4n) is 2.60. The largest absolute Gasteiger partial charge is 0.351 e. The van der Waals surface area contributed by atoms with E-state index in [1.54, 1.807) is 26.0 Å². The Morgan fingerprint density at radius 3 is 2.67 bits per heavy atom. The standard InChI is InChI=1S/C16H17FN4O3/c1-16(2,20-9-12(8-18-20)21(23)24)15(22)19-14-7-13(14)10-3-5-11(17)6-4-10/h3-6,8-9,13-14H,7H2,1-2H3,(H,19,22). The summed E-state index contributed by atoms with van der Waals surface area (Å²) < 4.78 is 14.2. The summed E-state index contributed by atoms with van der Waals surface area (Å²) in [6.45, 7) is 3.29. The van der Waals surface area contributed by atoms with Gasteiger partial charge in [-0.3, -0.25) is 19.6 Å². The maximum Gasteiger partial charge on any atom is 0.307 e. The molecule has 0 aliphatic heterocycles. The van der Waals surface area contributed by atoms with Crippen molar-refractivity contribution in [2.45, 2.75) is 37.8 Å². The molecule has 7 nitrogen and oxygen atoms in total. The van der Waals surface area contributed by atoms with Gasteiger partial charge in [0.2, 0.25) is 5.91 Å². The van der Waals surface area contributed by atoms with Crippen LogP contribution in [0.2, 0.25) is 0 Å². The van der Waals surface area contributed by atoms with Gasteiger partial charge < -0.3 is 5.32 Å². The monoisotopic (exact) mass is 332 g/mol. The van der Waals surface area contributed by atoms with E-state index < -0.39 is 10.5 Å². The van der Waals surface area contributed by atoms with Gasteiger partial charge in [0.05, 0.1) is 4.92 Å². The second kappa shape index (κ2) is 5.70. The van der Waals surface area contributed by atoms with Crippen LogP contribution in [0.25, 0.3) is 0 Å². The lowest BCUT2D eigenvalue weighted by Gasteiger charge is -2.24. The number of rotatable bonds is 5. The van der Waals surface area contributed by atoms with E-state index >= 15 is 0 Å². The molecule has 24 heavy (non-hydrogen) atoms. The number of nitro groups is 1. The Morgan fingerprint density at radius 1 is 1.42 bits per heavy atom. The average molecular weight is 332 g/mol. The van der Waals surface area contributed by atoms with Crippen LogP contribution >= 0.6 is 0 Å². The van der Waals surface area contributed by atoms with Crippen LogP contribution in [0.15, 0.2) is 36.7 Å². The van der Waals surface area contributed by atoms with Crippen LogP contribution in [-0.4, -0.2) is 26.7 Å². The smallest absolute Gasteiger partial charge is 0.307 e. The minimum atomic E-state index is -1.05. The Labute approximate surface area is 137 Å². The summed E-state index contributed by atoms with van der Waals surface area (Å²) in [5.74, 6) is -0.395. The fourth-order valence-corrected chi connectivity index (χ4v) is 2.60. The zero-order valence-corrected chi connectivity index (χ0v) is 13.3. The molecule has 126 valence electrons. The van der Waals surface area contributed by atoms with Crippen molar-refractivity contribution in [3.05, 3.63) is 58.2 Å². The molecule has 1 aromatic carbocycles. The number of aromatic nitrogens is 2. The molecule has 1 aliphatic rings. The van der Waals surface area contributed by atoms with Gasteiger partial charge in [0, 0.05) is 12.0 Å². The van der Waals surface area contributed by atoms with Gasteiger partial charge in [-0.25, -0.2) is 4.39 Å². The molecule has 8 heteroatoms. The third-order valence-electron chi connectivity index (χ3n) is 4.31. The number of benzene rings is 1. The van der Waals surface area contributed by atoms with Gasteiger partial charge in [0.1, 0.15) is 23.7 Å². The van der Waals surface area contributed by atoms with Crippen LogP contribution < -0.4 is 5.32 Å². The van der Waals surface area contributed by atoms with Crippen LogP contribution in [0, 0.1) is 15.9 Å². The van der Waals surface area contributed by atoms with Crippen LogP contribution in [0.3, 0.4) is 0 Å². The Bertz CT molecular complexity index is 785. The molecule has 0 saturated heterocycles. The summed E-state index contributed by atoms with van der Waals surface area (Å²) in [4.78, 5) is 22.7. The number of nitrogens with one attached hydrogen (secondary N) is 1. The molecule has 2 unspecified atom stereocenters. The molecule has 1 heterocycles. The van der Waals surface area contributed by atoms with Crippen LogP contribution in [0.5, 0.6) is 0 Å². The van der Waals surface area contributed by atoms with Crippen molar-refractivity contribution >= 4 is 11.6 Å². The molecule has 3 rings (SSSR count). The number of halogens is 1. The van der Waals surface area contributed by atoms with Crippen LogP contribution in [0.4, 0.5) is 10.1 Å². The van der Waals surface area contributed by atoms with E-state index in [2.05, 4.69) is 10.4 Å². The second-order valence-electron chi connectivity index (χ2n) is 6.43. The fraction of sp³-hybridized carbons (Fsp3) is 0.375. The highest BCUT2D eigenvalue weighted by atomic mass is 19.1. The molecule has 0 radical (unpaired) electrons. The number of nitrogens with zero attached hydrogens (tertiary/aromatic N) is 3. The van der Waals surface area contributed by atoms with Crippen molar-refractivity contribution in [3.63, 3.8) is 0 Å². The molecular weight excluding hydrogens is 315 g/mol. The van der Waals surface area contributed by atoms with Crippen LogP contribution in [-0.2, 0) is 10.3 Å². The Kier molecular flexibility index (Phi) is 3.82. The molecule has 0 bridgehead atoms. The zero-order valence-electron chi connectivity index (χ0n) is 13.3. The van der Waals surface area contributed by atoms with Crippen LogP contribution in [0.1, 0.15) is 31.7 Å². The van der Waals surface area contributed by atoms with Gasteiger partial charge in [0.25, 0.3) is 0 Å². The van der Waals surface area contributed by atoms with Gasteiger partial charge in [0.15, 0.2) is 0 Å². The van der Waals surface area contributed by atoms with E-state index in [1.165, 1.54) is 23.0 Å². The van der Waals surface area contributed by atoms with Crippen molar-refractivity contribution in [2.75, 3.05) is 0 Å². The van der Waals surface area contributed by atoms with Crippen molar-refractivity contribution in [1.29, 1.82) is 0 Å². The molecule has 2 aromatic rings. The highest BCUT2D eigenvalue weighted by Crippen LogP contribution is 2.41. The lowest BCUT2D eigenvalue weighted by Crippen LogP contribution is -2.45. The molecule has 1 N–H and O–H groups in total. The molecule has 1 amide bonds. The van der Waals surface area contributed by atoms with Crippen molar-refractivity contribution in [3.8, 4) is 0 Å². The molecule has 1 aromatic heterocycles. The van der Waals surface area contributed by atoms with E-state index in [1.807, 2.05) is 0 Å². The summed E-state index contributed by atoms with van der Waals surface area (Å²) in [5.41, 5.74) is -0.231. The first-order valence-electron chi connectivity index (χ1n) is 7.55. The number of hydrogen-bond donors (Lipinski definition) is 1. The predicted molar refractivity (Wildman–Crippen MR) is 83.9 cm³/mol. The molecule has 2 atom stereocenters. The predicted octanol–water partition coefficient (Wildman–Crippen LogP) is 2.34. The molecule has 1 saturated carbocycles. The van der Waals surface area contributed by atoms with Crippen molar-refractivity contribution < 1.29 is 14.1 Å². The Hall–Kier alpha value is -2.77. The third kappa shape index (κ3) is 2.99. The van der Waals surface area contributed by atoms with Gasteiger partial charge in [-0.15, -0.1) is 0 Å². The maximum absolute atomic E-state index is 13.0. The number of carbonyl (C=O) groups is 1. The number of amides is 1. The molecule has 0 spiro atoms. The summed E-state index contributed by atoms with van der Waals surface area (Å²) in [6.07, 6.45) is 3.14. The van der Waals surface area contributed by atoms with Gasteiger partial charge in [-0.1, -0.05) is 12.1 Å². The van der Waals surface area contributed by atoms with E-state index in [0.29, 0.717) is 0 Å². The van der Waals surface area contributed by atoms with E-state index in [0.717, 1.165) is 18.2 Å². The summed E-state index contributed by atoms with van der Waals surface area (Å²) >= 11 is 0. The number of carbonyl (C=O) groups excluding carboxylic acids is 1. The summed E-state index contributed by atoms with van der Waals surface area (Å²) in [7, 11) is 0. The lowest BCUT2D eigenvalue weighted by molar-refractivity contribution is -0.385. The number of hydrogen-bond acceptors (Lipinski definition) is 4. The summed E-state index contributed by atoms with van der Waals surface area (Å²) in [6, 6.07) is 6.22. The highest BCUT2D eigenvalue weighted by Gasteiger charge is 2.42. The molecular formula is C16H17FN4O3. The first kappa shape index (κ1) is 16.1. The summed E-state index contributed by atoms with van der Waals surface area (Å²) in [5, 5.41) is 17.6. The van der Waals surface area contributed by atoms with Gasteiger partial charge in [-0.05, 0) is 38.0 Å². The van der Waals surface area contributed by atoms with Gasteiger partial charge in [-0.2, -0.15) is 5.10 Å². The second-order valence-corrected chi connectivity index (χ2v) is 6.43. The minimum Gasteiger partial charge on any atom is -0.351 e. The van der Waals surface area contributed by atoms with E-state index in [4.69, 9.17) is 0 Å². The molecule has 1 aliphatic carbocycles. The molecule has 1 fully saturated rings. The van der Waals surface area contributed by atoms with E-state index in [-0.39, 0.29) is 29.4 Å². The quantitative estimate of drug-likeness (QED) is 0.672. The van der Waals surface area contributed by atoms with Crippen molar-refractivity contribution in [2.24, 2.45) is 0 Å².